The molecule has 0 saturated heterocycles. The van der Waals surface area contributed by atoms with E-state index in [1.54, 1.807) is 31.2 Å². The monoisotopic (exact) mass is 325 g/mol. The Bertz CT molecular complexity index is 779. The number of aliphatic hydroxyl groups is 1. The van der Waals surface area contributed by atoms with E-state index in [1.165, 1.54) is 0 Å². The summed E-state index contributed by atoms with van der Waals surface area (Å²) in [6, 6.07) is 16.1. The number of hydrogen-bond donors (Lipinski definition) is 1. The minimum Gasteiger partial charge on any atom is -0.501 e. The van der Waals surface area contributed by atoms with Crippen LogP contribution in [0.15, 0.2) is 60.3 Å². The third kappa shape index (κ3) is 4.11. The molecule has 0 atom stereocenters. The fourth-order valence-corrected chi connectivity index (χ4v) is 2.04. The summed E-state index contributed by atoms with van der Waals surface area (Å²) in [4.78, 5) is 14.6. The molecule has 2 rings (SSSR count). The van der Waals surface area contributed by atoms with Crippen LogP contribution < -0.4 is 4.74 Å². The van der Waals surface area contributed by atoms with Crippen molar-refractivity contribution in [1.29, 1.82) is 5.39 Å². The number of nitrogens with zero attached hydrogens (tertiary/aromatic N) is 2. The van der Waals surface area contributed by atoms with Gasteiger partial charge in [-0.25, -0.2) is 4.79 Å². The van der Waals surface area contributed by atoms with Gasteiger partial charge in [0, 0.05) is 0 Å². The number of benzene rings is 2. The van der Waals surface area contributed by atoms with E-state index in [1.807, 2.05) is 30.3 Å². The van der Waals surface area contributed by atoms with Gasteiger partial charge in [0.1, 0.15) is 12.4 Å². The van der Waals surface area contributed by atoms with E-state index < -0.39 is 17.4 Å². The highest BCUT2D eigenvalue weighted by molar-refractivity contribution is 5.98. The minimum atomic E-state index is -0.921. The molecule has 2 aromatic carbocycles. The number of ether oxygens (including phenoxy) is 2. The Morgan fingerprint density at radius 1 is 1.12 bits per heavy atom. The van der Waals surface area contributed by atoms with Gasteiger partial charge in [0.2, 0.25) is 11.2 Å². The number of carbonyl (C=O) groups excluding carboxylic acids is 1. The first kappa shape index (κ1) is 17.0. The Labute approximate surface area is 139 Å². The normalized spacial score (nSPS) is 11.2. The van der Waals surface area contributed by atoms with E-state index in [0.717, 1.165) is 5.56 Å². The molecule has 122 valence electrons. The summed E-state index contributed by atoms with van der Waals surface area (Å²) in [6.07, 6.45) is 0. The molecule has 0 radical (unpaired) electrons. The van der Waals surface area contributed by atoms with E-state index in [4.69, 9.17) is 14.9 Å². The SMILES string of the molecule is CCOC(=O)/C([N+]#N)=C(\O)c1ccccc1OCc1ccccc1. The van der Waals surface area contributed by atoms with Crippen LogP contribution in [-0.2, 0) is 16.1 Å². The molecule has 0 spiro atoms. The number of aliphatic hydroxyl groups excluding tert-OH is 1. The summed E-state index contributed by atoms with van der Waals surface area (Å²) in [5.74, 6) is -1.08. The van der Waals surface area contributed by atoms with Crippen LogP contribution in [0.2, 0.25) is 0 Å². The molecule has 0 saturated carbocycles. The van der Waals surface area contributed by atoms with Crippen LogP contribution in [-0.4, -0.2) is 17.7 Å². The van der Waals surface area contributed by atoms with Crippen molar-refractivity contribution in [3.63, 3.8) is 0 Å². The maximum absolute atomic E-state index is 11.7. The van der Waals surface area contributed by atoms with E-state index in [2.05, 4.69) is 4.98 Å². The summed E-state index contributed by atoms with van der Waals surface area (Å²) < 4.78 is 10.5. The summed E-state index contributed by atoms with van der Waals surface area (Å²) in [7, 11) is 0. The average molecular weight is 325 g/mol. The van der Waals surface area contributed by atoms with Gasteiger partial charge >= 0.3 is 11.7 Å². The number of carbonyl (C=O) groups is 1. The first-order valence-electron chi connectivity index (χ1n) is 7.39. The van der Waals surface area contributed by atoms with Gasteiger partial charge in [-0.2, -0.15) is 0 Å². The van der Waals surface area contributed by atoms with Gasteiger partial charge in [0.25, 0.3) is 0 Å². The quantitative estimate of drug-likeness (QED) is 0.377. The molecule has 0 bridgehead atoms. The molecule has 24 heavy (non-hydrogen) atoms. The second-order valence-corrected chi connectivity index (χ2v) is 4.79. The van der Waals surface area contributed by atoms with Gasteiger partial charge in [0.05, 0.1) is 12.2 Å². The zero-order valence-electron chi connectivity index (χ0n) is 13.2. The molecule has 0 aliphatic carbocycles. The van der Waals surface area contributed by atoms with E-state index >= 15 is 0 Å². The highest BCUT2D eigenvalue weighted by Gasteiger charge is 2.32. The summed E-state index contributed by atoms with van der Waals surface area (Å²) in [6.45, 7) is 1.99. The third-order valence-electron chi connectivity index (χ3n) is 3.17. The fourth-order valence-electron chi connectivity index (χ4n) is 2.04. The van der Waals surface area contributed by atoms with Crippen LogP contribution in [0, 0.1) is 5.39 Å². The van der Waals surface area contributed by atoms with Gasteiger partial charge < -0.3 is 14.6 Å². The number of esters is 1. The predicted octanol–water partition coefficient (Wildman–Crippen LogP) is 3.91. The maximum Gasteiger partial charge on any atom is 0.510 e. The van der Waals surface area contributed by atoms with Crippen molar-refractivity contribution >= 4 is 11.7 Å². The van der Waals surface area contributed by atoms with Crippen LogP contribution in [0.1, 0.15) is 18.1 Å². The van der Waals surface area contributed by atoms with E-state index in [9.17, 15) is 9.90 Å². The van der Waals surface area contributed by atoms with Crippen molar-refractivity contribution in [3.05, 3.63) is 76.4 Å². The van der Waals surface area contributed by atoms with Gasteiger partial charge in [-0.3, -0.25) is 0 Å². The lowest BCUT2D eigenvalue weighted by Gasteiger charge is -2.10. The molecule has 0 unspecified atom stereocenters. The molecule has 0 aliphatic rings. The molecule has 0 aromatic heterocycles. The largest absolute Gasteiger partial charge is 0.510 e. The smallest absolute Gasteiger partial charge is 0.501 e. The first-order valence-corrected chi connectivity index (χ1v) is 7.39. The molecule has 0 amide bonds. The van der Waals surface area contributed by atoms with Gasteiger partial charge in [-0.15, -0.1) is 0 Å². The van der Waals surface area contributed by atoms with Crippen molar-refractivity contribution in [2.45, 2.75) is 13.5 Å². The van der Waals surface area contributed by atoms with Crippen LogP contribution in [0.4, 0.5) is 0 Å². The molecular weight excluding hydrogens is 308 g/mol. The number of para-hydroxylation sites is 1. The third-order valence-corrected chi connectivity index (χ3v) is 3.17. The predicted molar refractivity (Wildman–Crippen MR) is 88.5 cm³/mol. The van der Waals surface area contributed by atoms with Gasteiger partial charge in [-0.05, 0) is 24.6 Å². The molecule has 6 nitrogen and oxygen atoms in total. The first-order chi connectivity index (χ1) is 11.7. The lowest BCUT2D eigenvalue weighted by Crippen LogP contribution is -2.08. The minimum absolute atomic E-state index is 0.0945. The molecular formula is C18H17N2O4+. The lowest BCUT2D eigenvalue weighted by atomic mass is 10.1. The molecule has 6 heteroatoms. The van der Waals surface area contributed by atoms with Crippen LogP contribution in [0.5, 0.6) is 5.75 Å². The van der Waals surface area contributed by atoms with Crippen molar-refractivity contribution in [2.75, 3.05) is 6.61 Å². The lowest BCUT2D eigenvalue weighted by molar-refractivity contribution is -0.138. The standard InChI is InChI=1S/C18H16N2O4/c1-2-23-18(22)16(20-19)17(21)14-10-6-7-11-15(14)24-12-13-8-4-3-5-9-13/h3-11H,2,12H2,1H3/p+1. The molecule has 0 heterocycles. The fraction of sp³-hybridized carbons (Fsp3) is 0.167. The summed E-state index contributed by atoms with van der Waals surface area (Å²) in [5, 5.41) is 19.3. The zero-order chi connectivity index (χ0) is 17.4. The zero-order valence-corrected chi connectivity index (χ0v) is 13.2. The highest BCUT2D eigenvalue weighted by atomic mass is 16.5. The Balaban J connectivity index is 2.30. The van der Waals surface area contributed by atoms with Crippen molar-refractivity contribution in [3.8, 4) is 5.75 Å². The van der Waals surface area contributed by atoms with Crippen LogP contribution >= 0.6 is 0 Å². The second kappa shape index (κ2) is 8.34. The highest BCUT2D eigenvalue weighted by Crippen LogP contribution is 2.28. The number of diazo groups is 1. The van der Waals surface area contributed by atoms with Crippen molar-refractivity contribution < 1.29 is 19.4 Å². The summed E-state index contributed by atoms with van der Waals surface area (Å²) >= 11 is 0. The van der Waals surface area contributed by atoms with E-state index in [0.29, 0.717) is 5.75 Å². The second-order valence-electron chi connectivity index (χ2n) is 4.79. The van der Waals surface area contributed by atoms with Crippen molar-refractivity contribution in [2.24, 2.45) is 0 Å². The average Bonchev–Trinajstić information content (AvgIpc) is 2.62. The number of rotatable bonds is 6. The van der Waals surface area contributed by atoms with Crippen LogP contribution in [0.25, 0.3) is 10.7 Å². The topological polar surface area (TPSA) is 83.9 Å². The Morgan fingerprint density at radius 3 is 2.46 bits per heavy atom. The Morgan fingerprint density at radius 2 is 1.79 bits per heavy atom. The molecule has 0 aliphatic heterocycles. The van der Waals surface area contributed by atoms with Crippen molar-refractivity contribution in [1.82, 2.24) is 0 Å². The Kier molecular flexibility index (Phi) is 5.92. The molecule has 0 fully saturated rings. The van der Waals surface area contributed by atoms with Gasteiger partial charge in [-0.1, -0.05) is 42.5 Å². The molecule has 2 aromatic rings. The number of hydrogen-bond acceptors (Lipinski definition) is 5. The van der Waals surface area contributed by atoms with Gasteiger partial charge in [0.15, 0.2) is 4.98 Å². The Hall–Kier alpha value is -3.33. The van der Waals surface area contributed by atoms with Crippen LogP contribution in [0.3, 0.4) is 0 Å². The summed E-state index contributed by atoms with van der Waals surface area (Å²) in [5.41, 5.74) is 0.607. The van der Waals surface area contributed by atoms with E-state index in [-0.39, 0.29) is 18.8 Å². The maximum atomic E-state index is 11.7. The molecule has 1 N–H and O–H groups in total.